The molecule has 0 aliphatic carbocycles. The molecule has 1 fully saturated rings. The van der Waals surface area contributed by atoms with Gasteiger partial charge in [0, 0.05) is 12.1 Å². The summed E-state index contributed by atoms with van der Waals surface area (Å²) in [6.07, 6.45) is 1.20. The van der Waals surface area contributed by atoms with Gasteiger partial charge in [0.15, 0.2) is 5.78 Å². The van der Waals surface area contributed by atoms with Crippen molar-refractivity contribution in [3.05, 3.63) is 34.9 Å². The van der Waals surface area contributed by atoms with E-state index in [4.69, 9.17) is 0 Å². The van der Waals surface area contributed by atoms with Crippen LogP contribution in [0.25, 0.3) is 0 Å². The van der Waals surface area contributed by atoms with Crippen LogP contribution in [-0.4, -0.2) is 29.8 Å². The maximum Gasteiger partial charge on any atom is 0.179 e. The molecule has 0 amide bonds. The molecule has 3 atom stereocenters. The molecule has 1 heterocycles. The number of likely N-dealkylation sites (tertiary alicyclic amines) is 1. The molecule has 2 heteroatoms. The summed E-state index contributed by atoms with van der Waals surface area (Å²) in [6.45, 7) is 12.9. The fourth-order valence-corrected chi connectivity index (χ4v) is 2.95. The average molecular weight is 273 g/mol. The normalized spacial score (nSPS) is 25.4. The number of hydrogen-bond acceptors (Lipinski definition) is 2. The van der Waals surface area contributed by atoms with Crippen molar-refractivity contribution < 1.29 is 4.79 Å². The lowest BCUT2D eigenvalue weighted by molar-refractivity contribution is 0.0689. The molecule has 20 heavy (non-hydrogen) atoms. The van der Waals surface area contributed by atoms with E-state index < -0.39 is 0 Å². The van der Waals surface area contributed by atoms with Crippen molar-refractivity contribution in [2.75, 3.05) is 13.1 Å². The smallest absolute Gasteiger partial charge is 0.179 e. The van der Waals surface area contributed by atoms with E-state index >= 15 is 0 Å². The SMILES string of the molecule is Cc1ccc(C(=O)C(C)N2CCC(C)C(C)C2)cc1C. The second kappa shape index (κ2) is 6.09. The monoisotopic (exact) mass is 273 g/mol. The predicted molar refractivity (Wildman–Crippen MR) is 84.2 cm³/mol. The molecule has 1 aromatic carbocycles. The molecule has 0 saturated carbocycles. The van der Waals surface area contributed by atoms with E-state index in [2.05, 4.69) is 45.6 Å². The number of rotatable bonds is 3. The van der Waals surface area contributed by atoms with Crippen molar-refractivity contribution in [1.29, 1.82) is 0 Å². The van der Waals surface area contributed by atoms with Gasteiger partial charge in [-0.2, -0.15) is 0 Å². The molecule has 1 aromatic rings. The molecule has 2 nitrogen and oxygen atoms in total. The summed E-state index contributed by atoms with van der Waals surface area (Å²) in [5, 5.41) is 0. The highest BCUT2D eigenvalue weighted by molar-refractivity contribution is 6.00. The van der Waals surface area contributed by atoms with Gasteiger partial charge >= 0.3 is 0 Å². The summed E-state index contributed by atoms with van der Waals surface area (Å²) in [5.74, 6) is 1.71. The van der Waals surface area contributed by atoms with Crippen LogP contribution in [0, 0.1) is 25.7 Å². The predicted octanol–water partition coefficient (Wildman–Crippen LogP) is 3.85. The standard InChI is InChI=1S/C18H27NO/c1-12-6-7-17(10-14(12)3)18(20)16(5)19-9-8-13(2)15(4)11-19/h6-7,10,13,15-16H,8-9,11H2,1-5H3. The van der Waals surface area contributed by atoms with E-state index in [1.54, 1.807) is 0 Å². The van der Waals surface area contributed by atoms with Crippen LogP contribution < -0.4 is 0 Å². The molecule has 1 aliphatic heterocycles. The van der Waals surface area contributed by atoms with Gasteiger partial charge in [0.25, 0.3) is 0 Å². The number of benzene rings is 1. The van der Waals surface area contributed by atoms with E-state index in [1.807, 2.05) is 12.1 Å². The molecule has 2 rings (SSSR count). The summed E-state index contributed by atoms with van der Waals surface area (Å²) >= 11 is 0. The molecule has 0 spiro atoms. The van der Waals surface area contributed by atoms with Crippen LogP contribution in [0.4, 0.5) is 0 Å². The highest BCUT2D eigenvalue weighted by Crippen LogP contribution is 2.25. The molecule has 110 valence electrons. The Hall–Kier alpha value is -1.15. The Balaban J connectivity index is 2.10. The number of carbonyl (C=O) groups excluding carboxylic acids is 1. The maximum atomic E-state index is 12.7. The first-order valence-electron chi connectivity index (χ1n) is 7.75. The minimum absolute atomic E-state index is 0.00736. The number of ketones is 1. The van der Waals surface area contributed by atoms with E-state index in [0.29, 0.717) is 5.92 Å². The Bertz CT molecular complexity index is 494. The quantitative estimate of drug-likeness (QED) is 0.780. The van der Waals surface area contributed by atoms with Crippen LogP contribution in [0.15, 0.2) is 18.2 Å². The molecule has 0 aromatic heterocycles. The van der Waals surface area contributed by atoms with Gasteiger partial charge in [0.2, 0.25) is 0 Å². The lowest BCUT2D eigenvalue weighted by atomic mass is 9.87. The largest absolute Gasteiger partial charge is 0.293 e. The van der Waals surface area contributed by atoms with Crippen molar-refractivity contribution in [2.24, 2.45) is 11.8 Å². The lowest BCUT2D eigenvalue weighted by Gasteiger charge is -2.38. The van der Waals surface area contributed by atoms with Gasteiger partial charge in [-0.15, -0.1) is 0 Å². The minimum Gasteiger partial charge on any atom is -0.293 e. The van der Waals surface area contributed by atoms with Crippen molar-refractivity contribution in [3.8, 4) is 0 Å². The molecular formula is C18H27NO. The number of piperidine rings is 1. The first-order chi connectivity index (χ1) is 9.40. The second-order valence-corrected chi connectivity index (χ2v) is 6.58. The van der Waals surface area contributed by atoms with Crippen LogP contribution in [0.3, 0.4) is 0 Å². The Morgan fingerprint density at radius 3 is 2.50 bits per heavy atom. The van der Waals surface area contributed by atoms with E-state index in [9.17, 15) is 4.79 Å². The first-order valence-corrected chi connectivity index (χ1v) is 7.75. The third kappa shape index (κ3) is 3.12. The van der Waals surface area contributed by atoms with Crippen LogP contribution in [-0.2, 0) is 0 Å². The van der Waals surface area contributed by atoms with Gasteiger partial charge in [-0.1, -0.05) is 26.0 Å². The first kappa shape index (κ1) is 15.2. The third-order valence-corrected chi connectivity index (χ3v) is 5.08. The Morgan fingerprint density at radius 1 is 1.20 bits per heavy atom. The van der Waals surface area contributed by atoms with Gasteiger partial charge in [0.05, 0.1) is 6.04 Å². The molecule has 1 aliphatic rings. The van der Waals surface area contributed by atoms with Crippen LogP contribution in [0.1, 0.15) is 48.7 Å². The fraction of sp³-hybridized carbons (Fsp3) is 0.611. The maximum absolute atomic E-state index is 12.7. The summed E-state index contributed by atoms with van der Waals surface area (Å²) in [6, 6.07) is 6.05. The summed E-state index contributed by atoms with van der Waals surface area (Å²) in [4.78, 5) is 15.0. The van der Waals surface area contributed by atoms with E-state index in [0.717, 1.165) is 24.6 Å². The highest BCUT2D eigenvalue weighted by atomic mass is 16.1. The van der Waals surface area contributed by atoms with Crippen molar-refractivity contribution in [3.63, 3.8) is 0 Å². The average Bonchev–Trinajstić information content (AvgIpc) is 2.43. The summed E-state index contributed by atoms with van der Waals surface area (Å²) in [5.41, 5.74) is 3.30. The molecule has 3 unspecified atom stereocenters. The minimum atomic E-state index is -0.00736. The van der Waals surface area contributed by atoms with E-state index in [-0.39, 0.29) is 11.8 Å². The van der Waals surface area contributed by atoms with Gasteiger partial charge < -0.3 is 0 Å². The van der Waals surface area contributed by atoms with E-state index in [1.165, 1.54) is 17.5 Å². The number of carbonyl (C=O) groups is 1. The lowest BCUT2D eigenvalue weighted by Crippen LogP contribution is -2.46. The highest BCUT2D eigenvalue weighted by Gasteiger charge is 2.29. The van der Waals surface area contributed by atoms with Crippen LogP contribution in [0.2, 0.25) is 0 Å². The zero-order valence-corrected chi connectivity index (χ0v) is 13.4. The van der Waals surface area contributed by atoms with Gasteiger partial charge in [-0.05, 0) is 62.8 Å². The molecule has 0 radical (unpaired) electrons. The second-order valence-electron chi connectivity index (χ2n) is 6.58. The van der Waals surface area contributed by atoms with Gasteiger partial charge in [0.1, 0.15) is 0 Å². The summed E-state index contributed by atoms with van der Waals surface area (Å²) in [7, 11) is 0. The van der Waals surface area contributed by atoms with Crippen molar-refractivity contribution >= 4 is 5.78 Å². The number of hydrogen-bond donors (Lipinski definition) is 0. The third-order valence-electron chi connectivity index (χ3n) is 5.08. The van der Waals surface area contributed by atoms with Crippen molar-refractivity contribution in [2.45, 2.75) is 47.1 Å². The summed E-state index contributed by atoms with van der Waals surface area (Å²) < 4.78 is 0. The van der Waals surface area contributed by atoms with Crippen LogP contribution >= 0.6 is 0 Å². The van der Waals surface area contributed by atoms with Gasteiger partial charge in [-0.3, -0.25) is 9.69 Å². The molecule has 0 bridgehead atoms. The molecule has 1 saturated heterocycles. The Morgan fingerprint density at radius 2 is 1.90 bits per heavy atom. The molecule has 0 N–H and O–H groups in total. The van der Waals surface area contributed by atoms with Crippen molar-refractivity contribution in [1.82, 2.24) is 4.90 Å². The fourth-order valence-electron chi connectivity index (χ4n) is 2.95. The number of nitrogens with zero attached hydrogens (tertiary/aromatic N) is 1. The topological polar surface area (TPSA) is 20.3 Å². The zero-order valence-electron chi connectivity index (χ0n) is 13.4. The Labute approximate surface area is 123 Å². The zero-order chi connectivity index (χ0) is 14.9. The molecular weight excluding hydrogens is 246 g/mol. The van der Waals surface area contributed by atoms with Crippen LogP contribution in [0.5, 0.6) is 0 Å². The number of Topliss-reactive ketones (excluding diaryl/α,β-unsaturated/α-hetero) is 1. The number of aryl methyl sites for hydroxylation is 2. The Kier molecular flexibility index (Phi) is 4.64. The van der Waals surface area contributed by atoms with Gasteiger partial charge in [-0.25, -0.2) is 0 Å².